The van der Waals surface area contributed by atoms with E-state index in [2.05, 4.69) is 10.2 Å². The van der Waals surface area contributed by atoms with Crippen LogP contribution in [0.3, 0.4) is 0 Å². The van der Waals surface area contributed by atoms with Gasteiger partial charge in [0.2, 0.25) is 5.95 Å². The highest BCUT2D eigenvalue weighted by molar-refractivity contribution is 7.99. The van der Waals surface area contributed by atoms with Gasteiger partial charge in [-0.2, -0.15) is 0 Å². The van der Waals surface area contributed by atoms with E-state index in [1.54, 1.807) is 14.2 Å². The number of rotatable bonds is 6. The van der Waals surface area contributed by atoms with Crippen molar-refractivity contribution in [2.75, 3.05) is 25.7 Å². The lowest BCUT2D eigenvalue weighted by Crippen LogP contribution is -2.16. The third-order valence-corrected chi connectivity index (χ3v) is 3.06. The molecule has 0 radical (unpaired) electrons. The molecule has 2 N–H and O–H groups in total. The Morgan fingerprint density at radius 2 is 1.94 bits per heavy atom. The number of hydrogen-bond acceptors (Lipinski definition) is 6. The van der Waals surface area contributed by atoms with Crippen molar-refractivity contribution in [1.29, 1.82) is 0 Å². The molecule has 0 atom stereocenters. The van der Waals surface area contributed by atoms with E-state index in [0.717, 1.165) is 5.16 Å². The zero-order chi connectivity index (χ0) is 12.1. The van der Waals surface area contributed by atoms with Crippen LogP contribution in [0, 0.1) is 0 Å². The third-order valence-electron chi connectivity index (χ3n) is 2.08. The van der Waals surface area contributed by atoms with E-state index in [0.29, 0.717) is 11.7 Å². The number of anilines is 1. The Morgan fingerprint density at radius 3 is 2.44 bits per heavy atom. The molecule has 0 aliphatic heterocycles. The van der Waals surface area contributed by atoms with Gasteiger partial charge in [0.05, 0.1) is 5.75 Å². The van der Waals surface area contributed by atoms with Gasteiger partial charge in [0, 0.05) is 20.3 Å². The van der Waals surface area contributed by atoms with Crippen molar-refractivity contribution in [2.45, 2.75) is 31.3 Å². The lowest BCUT2D eigenvalue weighted by molar-refractivity contribution is -0.0842. The van der Waals surface area contributed by atoms with Crippen molar-refractivity contribution >= 4 is 17.7 Å². The Morgan fingerprint density at radius 1 is 1.31 bits per heavy atom. The smallest absolute Gasteiger partial charge is 0.222 e. The molecule has 0 aromatic carbocycles. The first-order valence-electron chi connectivity index (χ1n) is 4.98. The minimum absolute atomic E-state index is 0.237. The number of hydrogen-bond donors (Lipinski definition) is 1. The second-order valence-electron chi connectivity index (χ2n) is 3.52. The number of thioether (sulfide) groups is 1. The molecule has 0 aliphatic carbocycles. The summed E-state index contributed by atoms with van der Waals surface area (Å²) in [4.78, 5) is 0. The molecule has 0 unspecified atom stereocenters. The standard InChI is InChI=1S/C9H18N4O2S/c1-6(2)13-8(10)11-12-9(13)16-5-7(14-3)15-4/h6-7H,5H2,1-4H3,(H2,10,11). The van der Waals surface area contributed by atoms with Crippen LogP contribution >= 0.6 is 11.8 Å². The summed E-state index contributed by atoms with van der Waals surface area (Å²) in [7, 11) is 3.21. The maximum Gasteiger partial charge on any atom is 0.222 e. The number of nitrogen functional groups attached to an aromatic ring is 1. The zero-order valence-corrected chi connectivity index (χ0v) is 10.8. The van der Waals surface area contributed by atoms with Crippen LogP contribution in [0.5, 0.6) is 0 Å². The quantitative estimate of drug-likeness (QED) is 0.599. The number of ether oxygens (including phenoxy) is 2. The van der Waals surface area contributed by atoms with E-state index in [4.69, 9.17) is 15.2 Å². The normalized spacial score (nSPS) is 11.6. The third kappa shape index (κ3) is 3.10. The van der Waals surface area contributed by atoms with Crippen LogP contribution in [-0.4, -0.2) is 41.0 Å². The fraction of sp³-hybridized carbons (Fsp3) is 0.778. The second kappa shape index (κ2) is 6.07. The molecule has 1 aromatic rings. The van der Waals surface area contributed by atoms with E-state index in [1.165, 1.54) is 11.8 Å². The van der Waals surface area contributed by atoms with Gasteiger partial charge in [0.15, 0.2) is 11.4 Å². The molecule has 16 heavy (non-hydrogen) atoms. The van der Waals surface area contributed by atoms with Gasteiger partial charge >= 0.3 is 0 Å². The van der Waals surface area contributed by atoms with E-state index in [-0.39, 0.29) is 12.3 Å². The van der Waals surface area contributed by atoms with Gasteiger partial charge in [0.1, 0.15) is 0 Å². The number of nitrogens with zero attached hydrogens (tertiary/aromatic N) is 3. The summed E-state index contributed by atoms with van der Waals surface area (Å²) >= 11 is 1.51. The molecule has 0 fully saturated rings. The predicted molar refractivity (Wildman–Crippen MR) is 63.3 cm³/mol. The average Bonchev–Trinajstić information content (AvgIpc) is 2.61. The van der Waals surface area contributed by atoms with Crippen LogP contribution in [0.1, 0.15) is 19.9 Å². The topological polar surface area (TPSA) is 75.2 Å². The Hall–Kier alpha value is -0.790. The minimum atomic E-state index is -0.247. The van der Waals surface area contributed by atoms with Crippen LogP contribution in [-0.2, 0) is 9.47 Å². The van der Waals surface area contributed by atoms with Crippen LogP contribution in [0.2, 0.25) is 0 Å². The number of aromatic nitrogens is 3. The highest BCUT2D eigenvalue weighted by atomic mass is 32.2. The van der Waals surface area contributed by atoms with Crippen LogP contribution in [0.15, 0.2) is 5.16 Å². The summed E-state index contributed by atoms with van der Waals surface area (Å²) in [5, 5.41) is 8.66. The monoisotopic (exact) mass is 246 g/mol. The minimum Gasteiger partial charge on any atom is -0.368 e. The molecular weight excluding hydrogens is 228 g/mol. The molecule has 6 nitrogen and oxygen atoms in total. The summed E-state index contributed by atoms with van der Waals surface area (Å²) in [5.41, 5.74) is 5.73. The van der Waals surface area contributed by atoms with Gasteiger partial charge in [0.25, 0.3) is 0 Å². The molecule has 0 bridgehead atoms. The number of methoxy groups -OCH3 is 2. The molecule has 0 spiro atoms. The van der Waals surface area contributed by atoms with Crippen LogP contribution in [0.4, 0.5) is 5.95 Å². The number of nitrogens with two attached hydrogens (primary N) is 1. The maximum absolute atomic E-state index is 5.73. The van der Waals surface area contributed by atoms with Crippen molar-refractivity contribution in [3.63, 3.8) is 0 Å². The van der Waals surface area contributed by atoms with Gasteiger partial charge in [-0.05, 0) is 13.8 Å². The Kier molecular flexibility index (Phi) is 5.04. The molecular formula is C9H18N4O2S. The summed E-state index contributed by atoms with van der Waals surface area (Å²) < 4.78 is 12.1. The molecule has 0 amide bonds. The highest BCUT2D eigenvalue weighted by Crippen LogP contribution is 2.23. The molecule has 1 heterocycles. The lowest BCUT2D eigenvalue weighted by Gasteiger charge is -2.14. The van der Waals surface area contributed by atoms with Crippen molar-refractivity contribution in [1.82, 2.24) is 14.8 Å². The van der Waals surface area contributed by atoms with Crippen LogP contribution < -0.4 is 5.73 Å². The summed E-state index contributed by atoms with van der Waals surface area (Å²) in [6.45, 7) is 4.07. The van der Waals surface area contributed by atoms with Crippen molar-refractivity contribution < 1.29 is 9.47 Å². The Balaban J connectivity index is 2.67. The van der Waals surface area contributed by atoms with E-state index in [1.807, 2.05) is 18.4 Å². The van der Waals surface area contributed by atoms with Gasteiger partial charge in [-0.3, -0.25) is 4.57 Å². The van der Waals surface area contributed by atoms with Crippen molar-refractivity contribution in [3.05, 3.63) is 0 Å². The Labute approximate surface area is 99.5 Å². The predicted octanol–water partition coefficient (Wildman–Crippen LogP) is 1.15. The average molecular weight is 246 g/mol. The first kappa shape index (κ1) is 13.3. The fourth-order valence-electron chi connectivity index (χ4n) is 1.25. The van der Waals surface area contributed by atoms with E-state index >= 15 is 0 Å². The second-order valence-corrected chi connectivity index (χ2v) is 4.50. The zero-order valence-electron chi connectivity index (χ0n) is 10.0. The molecule has 7 heteroatoms. The summed E-state index contributed by atoms with van der Waals surface area (Å²) in [5.74, 6) is 1.08. The first-order chi connectivity index (χ1) is 7.60. The largest absolute Gasteiger partial charge is 0.368 e. The lowest BCUT2D eigenvalue weighted by atomic mass is 10.4. The van der Waals surface area contributed by atoms with E-state index in [9.17, 15) is 0 Å². The Bertz CT molecular complexity index is 325. The molecule has 0 saturated heterocycles. The van der Waals surface area contributed by atoms with Gasteiger partial charge < -0.3 is 15.2 Å². The summed E-state index contributed by atoms with van der Waals surface area (Å²) in [6, 6.07) is 0.237. The molecule has 1 aromatic heterocycles. The summed E-state index contributed by atoms with van der Waals surface area (Å²) in [6.07, 6.45) is -0.247. The molecule has 0 saturated carbocycles. The SMILES string of the molecule is COC(CSc1nnc(N)n1C(C)C)OC. The van der Waals surface area contributed by atoms with Gasteiger partial charge in [-0.15, -0.1) is 10.2 Å². The van der Waals surface area contributed by atoms with E-state index < -0.39 is 0 Å². The molecule has 92 valence electrons. The highest BCUT2D eigenvalue weighted by Gasteiger charge is 2.15. The first-order valence-corrected chi connectivity index (χ1v) is 5.97. The maximum atomic E-state index is 5.73. The molecule has 0 aliphatic rings. The molecule has 1 rings (SSSR count). The fourth-order valence-corrected chi connectivity index (χ4v) is 2.35. The van der Waals surface area contributed by atoms with Crippen LogP contribution in [0.25, 0.3) is 0 Å². The van der Waals surface area contributed by atoms with Gasteiger partial charge in [-0.1, -0.05) is 11.8 Å². The van der Waals surface area contributed by atoms with Crippen molar-refractivity contribution in [2.24, 2.45) is 0 Å². The van der Waals surface area contributed by atoms with Gasteiger partial charge in [-0.25, -0.2) is 0 Å². The van der Waals surface area contributed by atoms with Crippen molar-refractivity contribution in [3.8, 4) is 0 Å².